The number of terminal acetylenes is 1. The number of sulfonamides is 1. The normalized spacial score (nSPS) is 12.8. The molecular formula is C20H17NO3S. The number of hydrogen-bond donors (Lipinski definition) is 1. The van der Waals surface area contributed by atoms with Crippen LogP contribution in [0, 0.1) is 12.3 Å². The Labute approximate surface area is 147 Å². The van der Waals surface area contributed by atoms with Gasteiger partial charge >= 0.3 is 0 Å². The van der Waals surface area contributed by atoms with Gasteiger partial charge in [0.1, 0.15) is 0 Å². The summed E-state index contributed by atoms with van der Waals surface area (Å²) in [4.78, 5) is 0.0142. The van der Waals surface area contributed by atoms with E-state index in [-0.39, 0.29) is 11.3 Å². The Morgan fingerprint density at radius 2 is 1.60 bits per heavy atom. The summed E-state index contributed by atoms with van der Waals surface area (Å²) in [7, 11) is -4.07. The Morgan fingerprint density at radius 1 is 0.960 bits per heavy atom. The van der Waals surface area contributed by atoms with Gasteiger partial charge in [0.2, 0.25) is 0 Å². The maximum absolute atomic E-state index is 12.7. The van der Waals surface area contributed by atoms with Crippen LogP contribution >= 0.6 is 0 Å². The number of benzene rings is 3. The van der Waals surface area contributed by atoms with E-state index in [1.807, 2.05) is 36.4 Å². The highest BCUT2D eigenvalue weighted by atomic mass is 32.2. The molecule has 126 valence electrons. The smallest absolute Gasteiger partial charge is 0.265 e. The average Bonchev–Trinajstić information content (AvgIpc) is 2.66. The van der Waals surface area contributed by atoms with Crippen LogP contribution in [0.2, 0.25) is 0 Å². The largest absolute Gasteiger partial charge is 0.299 e. The summed E-state index contributed by atoms with van der Waals surface area (Å²) in [6.45, 7) is 0. The molecule has 0 fully saturated rings. The molecule has 0 heterocycles. The monoisotopic (exact) mass is 351 g/mol. The van der Waals surface area contributed by atoms with Crippen LogP contribution in [0.3, 0.4) is 0 Å². The minimum atomic E-state index is -4.07. The molecule has 4 nitrogen and oxygen atoms in total. The molecule has 0 saturated carbocycles. The van der Waals surface area contributed by atoms with Gasteiger partial charge in [0.25, 0.3) is 10.0 Å². The minimum absolute atomic E-state index is 0.0142. The first kappa shape index (κ1) is 17.2. The highest BCUT2D eigenvalue weighted by molar-refractivity contribution is 7.89. The SMILES string of the molecule is C#CCC(c1ccc2ccccc2c1)N(O)S(=O)(=O)c1ccccc1. The number of fused-ring (bicyclic) bond motifs is 1. The number of hydroxylamine groups is 1. The van der Waals surface area contributed by atoms with E-state index < -0.39 is 16.1 Å². The quantitative estimate of drug-likeness (QED) is 0.559. The Bertz CT molecular complexity index is 1020. The second-order valence-electron chi connectivity index (χ2n) is 5.62. The predicted molar refractivity (Wildman–Crippen MR) is 97.4 cm³/mol. The molecule has 1 atom stereocenters. The fraction of sp³-hybridized carbons (Fsp3) is 0.100. The molecule has 3 rings (SSSR count). The Morgan fingerprint density at radius 3 is 2.28 bits per heavy atom. The van der Waals surface area contributed by atoms with Gasteiger partial charge in [-0.05, 0) is 34.5 Å². The van der Waals surface area contributed by atoms with Crippen LogP contribution in [-0.4, -0.2) is 18.1 Å². The maximum Gasteiger partial charge on any atom is 0.265 e. The molecule has 5 heteroatoms. The van der Waals surface area contributed by atoms with E-state index in [9.17, 15) is 13.6 Å². The molecule has 25 heavy (non-hydrogen) atoms. The van der Waals surface area contributed by atoms with E-state index in [2.05, 4.69) is 5.92 Å². The van der Waals surface area contributed by atoms with Gasteiger partial charge in [0, 0.05) is 6.42 Å². The van der Waals surface area contributed by atoms with Gasteiger partial charge in [0.15, 0.2) is 0 Å². The van der Waals surface area contributed by atoms with Crippen LogP contribution in [-0.2, 0) is 10.0 Å². The topological polar surface area (TPSA) is 57.6 Å². The van der Waals surface area contributed by atoms with Crippen molar-refractivity contribution in [3.05, 3.63) is 78.4 Å². The van der Waals surface area contributed by atoms with Crippen LogP contribution in [0.25, 0.3) is 10.8 Å². The first-order valence-corrected chi connectivity index (χ1v) is 9.18. The van der Waals surface area contributed by atoms with Crippen molar-refractivity contribution in [1.29, 1.82) is 0 Å². The van der Waals surface area contributed by atoms with Gasteiger partial charge in [-0.1, -0.05) is 59.1 Å². The molecule has 0 aliphatic heterocycles. The lowest BCUT2D eigenvalue weighted by molar-refractivity contribution is -0.0355. The molecule has 0 spiro atoms. The molecule has 0 bridgehead atoms. The first-order valence-electron chi connectivity index (χ1n) is 7.74. The molecule has 0 radical (unpaired) electrons. The molecule has 0 aromatic heterocycles. The third-order valence-corrected chi connectivity index (χ3v) is 5.64. The van der Waals surface area contributed by atoms with E-state index in [0.29, 0.717) is 10.0 Å². The molecule has 0 aliphatic carbocycles. The van der Waals surface area contributed by atoms with Crippen LogP contribution in [0.4, 0.5) is 0 Å². The average molecular weight is 351 g/mol. The van der Waals surface area contributed by atoms with E-state index in [0.717, 1.165) is 10.8 Å². The van der Waals surface area contributed by atoms with E-state index in [1.54, 1.807) is 24.3 Å². The van der Waals surface area contributed by atoms with E-state index >= 15 is 0 Å². The molecule has 0 saturated heterocycles. The van der Waals surface area contributed by atoms with Crippen LogP contribution in [0.15, 0.2) is 77.7 Å². The lowest BCUT2D eigenvalue weighted by Crippen LogP contribution is -2.32. The van der Waals surface area contributed by atoms with Gasteiger partial charge in [-0.2, -0.15) is 0 Å². The van der Waals surface area contributed by atoms with Crippen LogP contribution < -0.4 is 0 Å². The van der Waals surface area contributed by atoms with Crippen LogP contribution in [0.5, 0.6) is 0 Å². The highest BCUT2D eigenvalue weighted by Crippen LogP contribution is 2.30. The second kappa shape index (κ2) is 7.08. The van der Waals surface area contributed by atoms with Gasteiger partial charge in [-0.15, -0.1) is 12.3 Å². The zero-order valence-corrected chi connectivity index (χ0v) is 14.2. The van der Waals surface area contributed by atoms with Gasteiger partial charge in [0.05, 0.1) is 10.9 Å². The lowest BCUT2D eigenvalue weighted by Gasteiger charge is -2.24. The molecule has 3 aromatic rings. The van der Waals surface area contributed by atoms with E-state index in [4.69, 9.17) is 6.42 Å². The van der Waals surface area contributed by atoms with Crippen molar-refractivity contribution in [2.24, 2.45) is 0 Å². The fourth-order valence-electron chi connectivity index (χ4n) is 2.72. The Balaban J connectivity index is 2.04. The van der Waals surface area contributed by atoms with Crippen molar-refractivity contribution in [2.75, 3.05) is 0 Å². The van der Waals surface area contributed by atoms with Crippen molar-refractivity contribution < 1.29 is 13.6 Å². The lowest BCUT2D eigenvalue weighted by atomic mass is 10.0. The predicted octanol–water partition coefficient (Wildman–Crippen LogP) is 3.98. The summed E-state index contributed by atoms with van der Waals surface area (Å²) in [5.41, 5.74) is 0.638. The summed E-state index contributed by atoms with van der Waals surface area (Å²) < 4.78 is 25.8. The summed E-state index contributed by atoms with van der Waals surface area (Å²) in [6.07, 6.45) is 5.47. The van der Waals surface area contributed by atoms with Gasteiger partial charge in [-0.3, -0.25) is 5.21 Å². The molecule has 1 unspecified atom stereocenters. The minimum Gasteiger partial charge on any atom is -0.299 e. The summed E-state index contributed by atoms with van der Waals surface area (Å²) in [5, 5.41) is 12.5. The number of hydrogen-bond acceptors (Lipinski definition) is 3. The summed E-state index contributed by atoms with van der Waals surface area (Å²) in [5.74, 6) is 2.45. The number of rotatable bonds is 5. The summed E-state index contributed by atoms with van der Waals surface area (Å²) >= 11 is 0. The summed E-state index contributed by atoms with van der Waals surface area (Å²) in [6, 6.07) is 20.2. The maximum atomic E-state index is 12.7. The van der Waals surface area contributed by atoms with Gasteiger partial charge < -0.3 is 0 Å². The van der Waals surface area contributed by atoms with Crippen LogP contribution in [0.1, 0.15) is 18.0 Å². The van der Waals surface area contributed by atoms with Crippen molar-refractivity contribution in [1.82, 2.24) is 4.47 Å². The van der Waals surface area contributed by atoms with Crippen molar-refractivity contribution in [3.8, 4) is 12.3 Å². The molecule has 1 N–H and O–H groups in total. The van der Waals surface area contributed by atoms with E-state index in [1.165, 1.54) is 12.1 Å². The zero-order valence-electron chi connectivity index (χ0n) is 13.4. The second-order valence-corrected chi connectivity index (χ2v) is 7.42. The third kappa shape index (κ3) is 3.42. The highest BCUT2D eigenvalue weighted by Gasteiger charge is 2.31. The van der Waals surface area contributed by atoms with Crippen molar-refractivity contribution in [3.63, 3.8) is 0 Å². The molecular weight excluding hydrogens is 334 g/mol. The number of nitrogens with zero attached hydrogens (tertiary/aromatic N) is 1. The first-order chi connectivity index (χ1) is 12.0. The Hall–Kier alpha value is -2.65. The Kier molecular flexibility index (Phi) is 4.86. The molecule has 0 aliphatic rings. The fourth-order valence-corrected chi connectivity index (χ4v) is 3.97. The molecule has 3 aromatic carbocycles. The zero-order chi connectivity index (χ0) is 17.9. The molecule has 0 amide bonds. The van der Waals surface area contributed by atoms with Crippen molar-refractivity contribution >= 4 is 20.8 Å². The third-order valence-electron chi connectivity index (χ3n) is 4.02. The van der Waals surface area contributed by atoms with Gasteiger partial charge in [-0.25, -0.2) is 8.42 Å². The van der Waals surface area contributed by atoms with Crippen molar-refractivity contribution in [2.45, 2.75) is 17.4 Å². The standard InChI is InChI=1S/C20H17NO3S/c1-2-8-20(18-14-13-16-9-6-7-10-17(16)15-18)21(22)25(23,24)19-11-4-3-5-12-19/h1,3-7,9-15,20,22H,8H2.